The number of tetrazole rings is 4. The lowest BCUT2D eigenvalue weighted by Crippen LogP contribution is -2.22. The van der Waals surface area contributed by atoms with Crippen molar-refractivity contribution in [1.82, 2.24) is 97.4 Å². The van der Waals surface area contributed by atoms with Crippen LogP contribution in [0.4, 0.5) is 0 Å². The fraction of sp³-hybridized carbons (Fsp3) is 0.333. The van der Waals surface area contributed by atoms with Gasteiger partial charge in [-0.25, -0.2) is 19.2 Å². The zero-order valence-electron chi connectivity index (χ0n) is 59.4. The monoisotopic (exact) mass is 1410 g/mol. The van der Waals surface area contributed by atoms with Crippen molar-refractivity contribution >= 4 is 22.6 Å². The Morgan fingerprint density at radius 2 is 0.737 bits per heavy atom. The van der Waals surface area contributed by atoms with Crippen LogP contribution < -0.4 is 41.7 Å². The van der Waals surface area contributed by atoms with E-state index in [9.17, 15) is 19.2 Å². The second-order valence-electron chi connectivity index (χ2n) is 22.9. The Hall–Kier alpha value is -10.6. The predicted molar refractivity (Wildman–Crippen MR) is 363 cm³/mol. The molecule has 0 N–H and O–H groups in total. The van der Waals surface area contributed by atoms with Crippen molar-refractivity contribution in [2.45, 2.75) is 93.2 Å². The molecule has 8 heterocycles. The fourth-order valence-corrected chi connectivity index (χ4v) is 11.1. The number of nitrogens with zero attached hydrogens (tertiary/aromatic N) is 20. The molecule has 1 fully saturated rings. The van der Waals surface area contributed by atoms with Crippen molar-refractivity contribution in [3.8, 4) is 45.7 Å². The second kappa shape index (κ2) is 29.1. The first-order chi connectivity index (χ1) is 47.1. The Balaban J connectivity index is 0.000000143. The molecule has 0 aliphatic heterocycles. The Kier molecular flexibility index (Phi) is 19.0. The van der Waals surface area contributed by atoms with Gasteiger partial charge in [-0.3, -0.25) is 0 Å². The van der Waals surface area contributed by atoms with Gasteiger partial charge in [0.2, 0.25) is 0 Å². The van der Waals surface area contributed by atoms with Crippen LogP contribution in [-0.2, 0) is 89.2 Å². The first-order valence-corrected chi connectivity index (χ1v) is 31.3. The van der Waals surface area contributed by atoms with E-state index in [0.29, 0.717) is 84.2 Å². The zero-order valence-corrected chi connectivity index (χ0v) is 57.5. The van der Waals surface area contributed by atoms with Gasteiger partial charge in [0.05, 0.1) is 31.9 Å². The van der Waals surface area contributed by atoms with Crippen LogP contribution in [0.1, 0.15) is 92.8 Å². The number of hydrogen-bond acceptors (Lipinski definition) is 16. The number of hydrogen-bond donors (Lipinski definition) is 0. The summed E-state index contributed by atoms with van der Waals surface area (Å²) in [4.78, 5) is 48.8. The van der Waals surface area contributed by atoms with Gasteiger partial charge in [0.15, 0.2) is 0 Å². The van der Waals surface area contributed by atoms with Crippen LogP contribution in [0, 0.1) is 38.3 Å². The third-order valence-corrected chi connectivity index (χ3v) is 17.6. The van der Waals surface area contributed by atoms with Gasteiger partial charge in [0.1, 0.15) is 49.4 Å². The lowest BCUT2D eigenvalue weighted by molar-refractivity contribution is 0.302. The molecule has 0 saturated heterocycles. The van der Waals surface area contributed by atoms with E-state index in [2.05, 4.69) is 75.8 Å². The van der Waals surface area contributed by atoms with Gasteiger partial charge < -0.3 is 37.2 Å². The Morgan fingerprint density at radius 3 is 1.09 bits per heavy atom. The topological polar surface area (TPSA) is 267 Å². The summed E-state index contributed by atoms with van der Waals surface area (Å²) >= 11 is 2.21. The predicted octanol–water partition coefficient (Wildman–Crippen LogP) is 7.12. The van der Waals surface area contributed by atoms with Crippen LogP contribution in [0.2, 0.25) is 0 Å². The van der Waals surface area contributed by atoms with Crippen LogP contribution in [-0.4, -0.2) is 97.4 Å². The average molecular weight is 1410 g/mol. The van der Waals surface area contributed by atoms with Crippen molar-refractivity contribution in [3.05, 3.63) is 229 Å². The summed E-state index contributed by atoms with van der Waals surface area (Å²) < 4.78 is 73.2. The average Bonchev–Trinajstić information content (AvgIpc) is 1.66. The van der Waals surface area contributed by atoms with Gasteiger partial charge in [-0.05, 0) is 171 Å². The van der Waals surface area contributed by atoms with Gasteiger partial charge in [-0.15, -0.1) is 0 Å². The van der Waals surface area contributed by atoms with E-state index < -0.39 is 0 Å². The minimum Gasteiger partial charge on any atom is -0.488 e. The number of para-hydroxylation sites is 4. The van der Waals surface area contributed by atoms with Gasteiger partial charge in [0, 0.05) is 121 Å². The minimum absolute atomic E-state index is 0.283. The summed E-state index contributed by atoms with van der Waals surface area (Å²) in [6.07, 6.45) is 10.5. The number of benzene rings is 4. The molecule has 0 radical (unpaired) electrons. The molecule has 29 heteroatoms. The maximum atomic E-state index is 12.3. The summed E-state index contributed by atoms with van der Waals surface area (Å²) in [7, 11) is 14.0. The highest BCUT2D eigenvalue weighted by Gasteiger charge is 2.32. The van der Waals surface area contributed by atoms with Gasteiger partial charge in [-0.2, -0.15) is 37.5 Å². The lowest BCUT2D eigenvalue weighted by Gasteiger charge is -2.11. The molecule has 0 atom stereocenters. The minimum atomic E-state index is -0.312. The molecule has 496 valence electrons. The largest absolute Gasteiger partial charge is 0.488 e. The third-order valence-electron chi connectivity index (χ3n) is 16.2. The van der Waals surface area contributed by atoms with Crippen molar-refractivity contribution in [1.29, 1.82) is 0 Å². The van der Waals surface area contributed by atoms with E-state index in [1.165, 1.54) is 43.1 Å². The van der Waals surface area contributed by atoms with Gasteiger partial charge >= 0.3 is 22.8 Å². The van der Waals surface area contributed by atoms with Crippen LogP contribution >= 0.6 is 22.6 Å². The van der Waals surface area contributed by atoms with E-state index in [1.54, 1.807) is 94.9 Å². The molecule has 8 aromatic heterocycles. The molecule has 1 aliphatic carbocycles. The molecular formula is C66H77IN20O8. The van der Waals surface area contributed by atoms with Gasteiger partial charge in [0.25, 0.3) is 0 Å². The van der Waals surface area contributed by atoms with E-state index in [-0.39, 0.29) is 29.4 Å². The number of rotatable bonds is 18. The SMILES string of the molecule is [3H]c1ccc(OCc2c(-n3nnn(C)c3=O)cn(C)c2C)c(C)c1.[3H]c1ccc(OCc2c(-n3nnn(C)c3=O)cn(C)c2C2CC2)c(C)c1.[3H]c1ccc(OCc2c(-n3nnn(C)c3=O)cn(C)c2CC)c(C)c1.[3H]c1ccc(OCc2c(-n3nnn(C)c3=O)cn(C)c2I)c(C)c1. The number of ether oxygens (including phenoxy) is 4. The standard InChI is InChI=1S/C18H21N5O2.C17H21N5O2.C16H19N5O2.C15H16IN5O2/c1-12-6-4-5-7-16(12)25-11-14-15(23-18(24)22(3)19-20-23)10-21(2)17(14)13-8-9-13;1-5-14-13(11-24-16-9-7-6-8-12(16)2)15(10-20(14)3)22-17(23)21(4)18-19-22;1-11-7-5-6-8-15(11)23-10-13-12(2)19(3)9-14(13)21-16(22)20(4)17-18-21;1-10-6-4-5-7-13(10)23-9-11-12(8-19(2)14(11)16)21-15(22)20(3)17-18-21/h4-7,10,13H,8-9,11H2,1-3H3;6-10H,5,11H2,1-4H3;5-9H,10H2,1-4H3;4-8H,9H2,1-3H3/i4T;6T;5T;4T. The smallest absolute Gasteiger partial charge is 0.368 e. The molecule has 0 bridgehead atoms. The normalized spacial score (nSPS) is 12.4. The molecule has 12 aromatic rings. The van der Waals surface area contributed by atoms with Crippen LogP contribution in [0.5, 0.6) is 23.0 Å². The van der Waals surface area contributed by atoms with Crippen LogP contribution in [0.25, 0.3) is 22.7 Å². The Morgan fingerprint density at radius 1 is 0.421 bits per heavy atom. The third kappa shape index (κ3) is 14.6. The van der Waals surface area contributed by atoms with Crippen molar-refractivity contribution in [3.63, 3.8) is 0 Å². The molecule has 28 nitrogen and oxygen atoms in total. The fourth-order valence-electron chi connectivity index (χ4n) is 10.6. The molecular weight excluding hydrogens is 1330 g/mol. The number of halogens is 1. The van der Waals surface area contributed by atoms with Crippen LogP contribution in [0.15, 0.2) is 141 Å². The Bertz CT molecular complexity index is 5030. The lowest BCUT2D eigenvalue weighted by atomic mass is 10.1. The van der Waals surface area contributed by atoms with Gasteiger partial charge in [-0.1, -0.05) is 79.6 Å². The van der Waals surface area contributed by atoms with Crippen molar-refractivity contribution in [2.24, 2.45) is 56.4 Å². The van der Waals surface area contributed by atoms with E-state index in [0.717, 1.165) is 90.4 Å². The summed E-state index contributed by atoms with van der Waals surface area (Å²) in [6, 6.07) is 22.8. The zero-order chi connectivity index (χ0) is 71.4. The van der Waals surface area contributed by atoms with Crippen LogP contribution in [0.3, 0.4) is 0 Å². The van der Waals surface area contributed by atoms with E-state index in [4.69, 9.17) is 24.4 Å². The molecule has 0 spiro atoms. The number of aryl methyl sites for hydroxylation is 12. The first kappa shape index (κ1) is 61.9. The summed E-state index contributed by atoms with van der Waals surface area (Å²) in [5, 5.41) is 30.9. The number of aromatic nitrogens is 20. The van der Waals surface area contributed by atoms with E-state index >= 15 is 0 Å². The highest BCUT2D eigenvalue weighted by molar-refractivity contribution is 14.1. The molecule has 1 aliphatic rings. The maximum absolute atomic E-state index is 12.3. The highest BCUT2D eigenvalue weighted by atomic mass is 127. The summed E-state index contributed by atoms with van der Waals surface area (Å²) in [6.45, 7) is 12.9. The molecule has 0 unspecified atom stereocenters. The molecule has 95 heavy (non-hydrogen) atoms. The quantitative estimate of drug-likeness (QED) is 0.0774. The maximum Gasteiger partial charge on any atom is 0.368 e. The first-order valence-electron chi connectivity index (χ1n) is 32.3. The second-order valence-corrected chi connectivity index (χ2v) is 23.9. The summed E-state index contributed by atoms with van der Waals surface area (Å²) in [5.74, 6) is 3.38. The van der Waals surface area contributed by atoms with Crippen molar-refractivity contribution < 1.29 is 24.4 Å². The molecule has 1 saturated carbocycles. The highest BCUT2D eigenvalue weighted by Crippen LogP contribution is 2.44. The van der Waals surface area contributed by atoms with Crippen molar-refractivity contribution in [2.75, 3.05) is 0 Å². The molecule has 13 rings (SSSR count). The molecule has 0 amide bonds. The summed E-state index contributed by atoms with van der Waals surface area (Å²) in [5.41, 5.74) is 11.9. The van der Waals surface area contributed by atoms with E-state index in [1.807, 2.05) is 107 Å². The Labute approximate surface area is 566 Å². The molecule has 4 aromatic carbocycles.